The number of hydrogen-bond acceptors (Lipinski definition) is 4. The van der Waals surface area contributed by atoms with E-state index < -0.39 is 0 Å². The van der Waals surface area contributed by atoms with Crippen molar-refractivity contribution in [2.24, 2.45) is 0 Å². The summed E-state index contributed by atoms with van der Waals surface area (Å²) in [5, 5.41) is 3.43. The maximum atomic E-state index is 4.74. The first-order valence-electron chi connectivity index (χ1n) is 7.90. The van der Waals surface area contributed by atoms with Crippen LogP contribution in [0.1, 0.15) is 57.7 Å². The second-order valence-corrected chi connectivity index (χ2v) is 6.21. The third-order valence-electron chi connectivity index (χ3n) is 4.08. The van der Waals surface area contributed by atoms with Crippen molar-refractivity contribution in [3.63, 3.8) is 0 Å². The predicted molar refractivity (Wildman–Crippen MR) is 84.0 cm³/mol. The van der Waals surface area contributed by atoms with Crippen molar-refractivity contribution >= 4 is 5.95 Å². The van der Waals surface area contributed by atoms with Crippen molar-refractivity contribution in [1.29, 1.82) is 0 Å². The molecule has 0 spiro atoms. The molecule has 4 heteroatoms. The maximum absolute atomic E-state index is 4.74. The summed E-state index contributed by atoms with van der Waals surface area (Å²) < 4.78 is 0. The van der Waals surface area contributed by atoms with E-state index in [4.69, 9.17) is 4.98 Å². The largest absolute Gasteiger partial charge is 0.338 e. The molecule has 2 rings (SSSR count). The molecule has 0 radical (unpaired) electrons. The summed E-state index contributed by atoms with van der Waals surface area (Å²) in [6.07, 6.45) is 7.15. The fraction of sp³-hybridized carbons (Fsp3) is 0.750. The van der Waals surface area contributed by atoms with E-state index in [-0.39, 0.29) is 0 Å². The molecule has 20 heavy (non-hydrogen) atoms. The molecule has 1 aromatic rings. The molecule has 0 saturated carbocycles. The minimum absolute atomic E-state index is 0.486. The normalized spacial score (nSPS) is 20.2. The molecule has 1 saturated heterocycles. The predicted octanol–water partition coefficient (Wildman–Crippen LogP) is 3.05. The molecule has 1 aromatic heterocycles. The maximum Gasteiger partial charge on any atom is 0.225 e. The van der Waals surface area contributed by atoms with Gasteiger partial charge in [0.1, 0.15) is 0 Å². The lowest BCUT2D eigenvalue weighted by Crippen LogP contribution is -2.34. The zero-order chi connectivity index (χ0) is 14.5. The number of aryl methyl sites for hydroxylation is 1. The molecule has 0 aromatic carbocycles. The quantitative estimate of drug-likeness (QED) is 0.917. The van der Waals surface area contributed by atoms with Gasteiger partial charge in [-0.3, -0.25) is 0 Å². The van der Waals surface area contributed by atoms with E-state index in [1.54, 1.807) is 0 Å². The van der Waals surface area contributed by atoms with Gasteiger partial charge in [0.15, 0.2) is 0 Å². The Morgan fingerprint density at radius 2 is 2.15 bits per heavy atom. The molecule has 4 nitrogen and oxygen atoms in total. The zero-order valence-corrected chi connectivity index (χ0v) is 13.3. The number of nitrogens with zero attached hydrogens (tertiary/aromatic N) is 3. The molecule has 0 bridgehead atoms. The Labute approximate surface area is 123 Å². The fourth-order valence-electron chi connectivity index (χ4n) is 2.68. The van der Waals surface area contributed by atoms with Crippen molar-refractivity contribution in [3.8, 4) is 0 Å². The first kappa shape index (κ1) is 15.2. The summed E-state index contributed by atoms with van der Waals surface area (Å²) in [6.45, 7) is 10.6. The van der Waals surface area contributed by atoms with Crippen molar-refractivity contribution in [1.82, 2.24) is 15.3 Å². The molecule has 1 fully saturated rings. The van der Waals surface area contributed by atoms with Gasteiger partial charge in [0.2, 0.25) is 5.95 Å². The van der Waals surface area contributed by atoms with Crippen molar-refractivity contribution < 1.29 is 0 Å². The van der Waals surface area contributed by atoms with Crippen LogP contribution in [-0.4, -0.2) is 28.6 Å². The molecule has 1 aliphatic rings. The van der Waals surface area contributed by atoms with E-state index in [2.05, 4.69) is 42.9 Å². The molecule has 0 amide bonds. The number of hydrogen-bond donors (Lipinski definition) is 1. The minimum Gasteiger partial charge on any atom is -0.338 e. The second kappa shape index (κ2) is 7.02. The SMILES string of the molecule is Cc1nc(N2CCCCCC2C)ncc1CNC(C)C. The number of nitrogens with one attached hydrogen (secondary N) is 1. The molecule has 2 heterocycles. The van der Waals surface area contributed by atoms with Gasteiger partial charge in [0.25, 0.3) is 0 Å². The summed E-state index contributed by atoms with van der Waals surface area (Å²) in [4.78, 5) is 11.7. The highest BCUT2D eigenvalue weighted by molar-refractivity contribution is 5.34. The lowest BCUT2D eigenvalue weighted by Gasteiger charge is -2.27. The Hall–Kier alpha value is -1.16. The van der Waals surface area contributed by atoms with Crippen LogP contribution in [0.4, 0.5) is 5.95 Å². The summed E-state index contributed by atoms with van der Waals surface area (Å²) >= 11 is 0. The number of anilines is 1. The second-order valence-electron chi connectivity index (χ2n) is 6.21. The molecular weight excluding hydrogens is 248 g/mol. The summed E-state index contributed by atoms with van der Waals surface area (Å²) in [5.41, 5.74) is 2.30. The highest BCUT2D eigenvalue weighted by atomic mass is 15.3. The van der Waals surface area contributed by atoms with Gasteiger partial charge in [-0.05, 0) is 26.7 Å². The molecular formula is C16H28N4. The molecule has 1 unspecified atom stereocenters. The van der Waals surface area contributed by atoms with Crippen LogP contribution in [0, 0.1) is 6.92 Å². The Balaban J connectivity index is 2.10. The fourth-order valence-corrected chi connectivity index (χ4v) is 2.68. The molecule has 1 N–H and O–H groups in total. The summed E-state index contributed by atoms with van der Waals surface area (Å²) in [6, 6.07) is 1.04. The minimum atomic E-state index is 0.486. The smallest absolute Gasteiger partial charge is 0.225 e. The van der Waals surface area contributed by atoms with Gasteiger partial charge in [-0.25, -0.2) is 9.97 Å². The van der Waals surface area contributed by atoms with E-state index in [9.17, 15) is 0 Å². The summed E-state index contributed by atoms with van der Waals surface area (Å²) in [7, 11) is 0. The highest BCUT2D eigenvalue weighted by Crippen LogP contribution is 2.21. The van der Waals surface area contributed by atoms with Crippen LogP contribution in [0.3, 0.4) is 0 Å². The molecule has 1 aliphatic heterocycles. The average Bonchev–Trinajstić information content (AvgIpc) is 2.62. The van der Waals surface area contributed by atoms with Gasteiger partial charge in [-0.15, -0.1) is 0 Å². The van der Waals surface area contributed by atoms with Crippen LogP contribution in [0.2, 0.25) is 0 Å². The van der Waals surface area contributed by atoms with E-state index in [1.807, 2.05) is 6.20 Å². The van der Waals surface area contributed by atoms with Gasteiger partial charge < -0.3 is 10.2 Å². The average molecular weight is 276 g/mol. The van der Waals surface area contributed by atoms with Gasteiger partial charge in [-0.1, -0.05) is 26.7 Å². The van der Waals surface area contributed by atoms with E-state index in [1.165, 1.54) is 31.2 Å². The number of aromatic nitrogens is 2. The van der Waals surface area contributed by atoms with Crippen LogP contribution in [0.15, 0.2) is 6.20 Å². The van der Waals surface area contributed by atoms with Gasteiger partial charge in [0, 0.05) is 42.6 Å². The topological polar surface area (TPSA) is 41.1 Å². The third-order valence-corrected chi connectivity index (χ3v) is 4.08. The van der Waals surface area contributed by atoms with Crippen LogP contribution in [0.5, 0.6) is 0 Å². The standard InChI is InChI=1S/C16H28N4/c1-12(2)17-10-15-11-18-16(19-14(15)4)20-9-7-5-6-8-13(20)3/h11-13,17H,5-10H2,1-4H3. The van der Waals surface area contributed by atoms with Crippen LogP contribution < -0.4 is 10.2 Å². The van der Waals surface area contributed by atoms with Crippen LogP contribution >= 0.6 is 0 Å². The van der Waals surface area contributed by atoms with Gasteiger partial charge in [-0.2, -0.15) is 0 Å². The Kier molecular flexibility index (Phi) is 5.35. The van der Waals surface area contributed by atoms with Crippen molar-refractivity contribution in [3.05, 3.63) is 17.5 Å². The van der Waals surface area contributed by atoms with E-state index in [0.29, 0.717) is 12.1 Å². The van der Waals surface area contributed by atoms with Crippen LogP contribution in [0.25, 0.3) is 0 Å². The molecule has 112 valence electrons. The first-order chi connectivity index (χ1) is 9.58. The summed E-state index contributed by atoms with van der Waals surface area (Å²) in [5.74, 6) is 0.908. The van der Waals surface area contributed by atoms with E-state index >= 15 is 0 Å². The third kappa shape index (κ3) is 3.92. The van der Waals surface area contributed by atoms with E-state index in [0.717, 1.165) is 24.7 Å². The monoisotopic (exact) mass is 276 g/mol. The Bertz CT molecular complexity index is 430. The van der Waals surface area contributed by atoms with Crippen LogP contribution in [-0.2, 0) is 6.54 Å². The Morgan fingerprint density at radius 3 is 2.85 bits per heavy atom. The Morgan fingerprint density at radius 1 is 1.35 bits per heavy atom. The lowest BCUT2D eigenvalue weighted by molar-refractivity contribution is 0.581. The highest BCUT2D eigenvalue weighted by Gasteiger charge is 2.19. The zero-order valence-electron chi connectivity index (χ0n) is 13.3. The lowest BCUT2D eigenvalue weighted by atomic mass is 10.1. The van der Waals surface area contributed by atoms with Crippen molar-refractivity contribution in [2.45, 2.75) is 72.0 Å². The number of rotatable bonds is 4. The first-order valence-corrected chi connectivity index (χ1v) is 7.90. The van der Waals surface area contributed by atoms with Gasteiger partial charge >= 0.3 is 0 Å². The molecule has 0 aliphatic carbocycles. The van der Waals surface area contributed by atoms with Crippen molar-refractivity contribution in [2.75, 3.05) is 11.4 Å². The molecule has 1 atom stereocenters. The van der Waals surface area contributed by atoms with Gasteiger partial charge in [0.05, 0.1) is 0 Å².